The molecule has 4 heteroatoms. The molecular formula is C16H28N2O2. The topological polar surface area (TPSA) is 52.6 Å². The van der Waals surface area contributed by atoms with Crippen molar-refractivity contribution in [1.29, 1.82) is 0 Å². The third kappa shape index (κ3) is 3.17. The minimum Gasteiger partial charge on any atom is -0.394 e. The molecule has 3 saturated heterocycles. The highest BCUT2D eigenvalue weighted by Crippen LogP contribution is 2.33. The van der Waals surface area contributed by atoms with E-state index in [2.05, 4.69) is 5.32 Å². The molecule has 0 radical (unpaired) electrons. The summed E-state index contributed by atoms with van der Waals surface area (Å²) in [7, 11) is 0. The molecule has 0 spiro atoms. The van der Waals surface area contributed by atoms with Crippen LogP contribution in [0.15, 0.2) is 0 Å². The quantitative estimate of drug-likeness (QED) is 0.827. The van der Waals surface area contributed by atoms with Crippen LogP contribution in [0, 0.1) is 5.92 Å². The van der Waals surface area contributed by atoms with Crippen molar-refractivity contribution >= 4 is 5.91 Å². The molecule has 0 aromatic carbocycles. The fraction of sp³-hybridized carbons (Fsp3) is 0.938. The number of carbonyl (C=O) groups is 1. The van der Waals surface area contributed by atoms with Crippen LogP contribution in [0.25, 0.3) is 0 Å². The van der Waals surface area contributed by atoms with Gasteiger partial charge in [-0.15, -0.1) is 0 Å². The number of hydrogen-bond donors (Lipinski definition) is 2. The van der Waals surface area contributed by atoms with E-state index in [-0.39, 0.29) is 18.6 Å². The van der Waals surface area contributed by atoms with E-state index in [1.165, 1.54) is 32.1 Å². The maximum Gasteiger partial charge on any atom is 0.223 e. The van der Waals surface area contributed by atoms with Gasteiger partial charge in [0.25, 0.3) is 0 Å². The lowest BCUT2D eigenvalue weighted by atomic mass is 9.89. The monoisotopic (exact) mass is 280 g/mol. The van der Waals surface area contributed by atoms with Crippen molar-refractivity contribution in [2.75, 3.05) is 13.2 Å². The fourth-order valence-corrected chi connectivity index (χ4v) is 4.40. The predicted octanol–water partition coefficient (Wildman–Crippen LogP) is 1.67. The molecule has 3 aliphatic rings. The maximum absolute atomic E-state index is 12.6. The Bertz CT molecular complexity index is 335. The molecular weight excluding hydrogens is 252 g/mol. The van der Waals surface area contributed by atoms with Crippen molar-refractivity contribution in [2.45, 2.75) is 75.9 Å². The highest BCUT2D eigenvalue weighted by atomic mass is 16.3. The van der Waals surface area contributed by atoms with Gasteiger partial charge < -0.3 is 15.3 Å². The Morgan fingerprint density at radius 1 is 1.10 bits per heavy atom. The minimum absolute atomic E-state index is 0.0726. The highest BCUT2D eigenvalue weighted by Gasteiger charge is 2.35. The molecule has 3 unspecified atom stereocenters. The zero-order valence-electron chi connectivity index (χ0n) is 12.4. The second-order valence-corrected chi connectivity index (χ2v) is 6.95. The average Bonchev–Trinajstić information content (AvgIpc) is 2.67. The van der Waals surface area contributed by atoms with E-state index in [1.807, 2.05) is 4.90 Å². The number of fused-ring (bicyclic) bond motifs is 2. The molecule has 1 amide bonds. The number of aliphatic hydroxyl groups is 1. The summed E-state index contributed by atoms with van der Waals surface area (Å²) in [6.07, 6.45) is 10.0. The Labute approximate surface area is 121 Å². The van der Waals surface area contributed by atoms with Crippen LogP contribution in [0.3, 0.4) is 0 Å². The first-order valence-corrected chi connectivity index (χ1v) is 8.42. The summed E-state index contributed by atoms with van der Waals surface area (Å²) >= 11 is 0. The van der Waals surface area contributed by atoms with Crippen molar-refractivity contribution < 1.29 is 9.90 Å². The predicted molar refractivity (Wildman–Crippen MR) is 78.3 cm³/mol. The van der Waals surface area contributed by atoms with Gasteiger partial charge in [-0.3, -0.25) is 4.79 Å². The SMILES string of the molecule is O=C(CC1CC2CCC(C1)N2)N1CCCCCC1CO. The van der Waals surface area contributed by atoms with E-state index in [1.54, 1.807) is 0 Å². The van der Waals surface area contributed by atoms with E-state index < -0.39 is 0 Å². The molecule has 0 saturated carbocycles. The smallest absolute Gasteiger partial charge is 0.223 e. The summed E-state index contributed by atoms with van der Waals surface area (Å²) in [6, 6.07) is 1.39. The summed E-state index contributed by atoms with van der Waals surface area (Å²) in [6.45, 7) is 0.977. The molecule has 3 fully saturated rings. The molecule has 0 aromatic rings. The molecule has 4 nitrogen and oxygen atoms in total. The molecule has 0 aliphatic carbocycles. The number of amides is 1. The largest absolute Gasteiger partial charge is 0.394 e. The minimum atomic E-state index is 0.0726. The Kier molecular flexibility index (Phi) is 4.61. The van der Waals surface area contributed by atoms with E-state index in [0.717, 1.165) is 25.8 Å². The lowest BCUT2D eigenvalue weighted by Crippen LogP contribution is -2.44. The van der Waals surface area contributed by atoms with Gasteiger partial charge in [0.15, 0.2) is 0 Å². The highest BCUT2D eigenvalue weighted by molar-refractivity contribution is 5.77. The standard InChI is InChI=1S/C16H28N2O2/c19-11-15-4-2-1-3-7-18(15)16(20)10-12-8-13-5-6-14(9-12)17-13/h12-15,17,19H,1-11H2. The van der Waals surface area contributed by atoms with E-state index >= 15 is 0 Å². The van der Waals surface area contributed by atoms with Crippen LogP contribution in [0.5, 0.6) is 0 Å². The van der Waals surface area contributed by atoms with Crippen LogP contribution in [-0.2, 0) is 4.79 Å². The Morgan fingerprint density at radius 2 is 1.85 bits per heavy atom. The first kappa shape index (κ1) is 14.3. The Morgan fingerprint density at radius 3 is 2.55 bits per heavy atom. The first-order valence-electron chi connectivity index (χ1n) is 8.42. The number of aliphatic hydroxyl groups excluding tert-OH is 1. The zero-order valence-corrected chi connectivity index (χ0v) is 12.4. The number of hydrogen-bond acceptors (Lipinski definition) is 3. The van der Waals surface area contributed by atoms with Gasteiger partial charge in [0.1, 0.15) is 0 Å². The van der Waals surface area contributed by atoms with Crippen LogP contribution < -0.4 is 5.32 Å². The molecule has 0 aromatic heterocycles. The molecule has 3 aliphatic heterocycles. The van der Waals surface area contributed by atoms with Crippen LogP contribution in [0.2, 0.25) is 0 Å². The van der Waals surface area contributed by atoms with E-state index in [4.69, 9.17) is 0 Å². The number of rotatable bonds is 3. The summed E-state index contributed by atoms with van der Waals surface area (Å²) in [5, 5.41) is 13.2. The van der Waals surface area contributed by atoms with E-state index in [9.17, 15) is 9.90 Å². The van der Waals surface area contributed by atoms with Crippen molar-refractivity contribution in [1.82, 2.24) is 10.2 Å². The third-order valence-electron chi connectivity index (χ3n) is 5.44. The summed E-state index contributed by atoms with van der Waals surface area (Å²) in [4.78, 5) is 14.6. The summed E-state index contributed by atoms with van der Waals surface area (Å²) in [5.74, 6) is 0.848. The van der Waals surface area contributed by atoms with Gasteiger partial charge in [0.2, 0.25) is 5.91 Å². The van der Waals surface area contributed by atoms with Gasteiger partial charge >= 0.3 is 0 Å². The van der Waals surface area contributed by atoms with Gasteiger partial charge in [-0.1, -0.05) is 12.8 Å². The van der Waals surface area contributed by atoms with Crippen LogP contribution in [0.1, 0.15) is 57.8 Å². The van der Waals surface area contributed by atoms with Crippen molar-refractivity contribution in [3.05, 3.63) is 0 Å². The van der Waals surface area contributed by atoms with Crippen LogP contribution in [-0.4, -0.2) is 47.2 Å². The maximum atomic E-state index is 12.6. The van der Waals surface area contributed by atoms with E-state index in [0.29, 0.717) is 24.4 Å². The Balaban J connectivity index is 1.57. The molecule has 114 valence electrons. The molecule has 2 N–H and O–H groups in total. The number of nitrogens with zero attached hydrogens (tertiary/aromatic N) is 1. The number of piperidine rings is 1. The second kappa shape index (κ2) is 6.44. The van der Waals surface area contributed by atoms with Crippen molar-refractivity contribution in [2.24, 2.45) is 5.92 Å². The molecule has 2 bridgehead atoms. The molecule has 3 heterocycles. The van der Waals surface area contributed by atoms with Crippen molar-refractivity contribution in [3.8, 4) is 0 Å². The van der Waals surface area contributed by atoms with Gasteiger partial charge in [0, 0.05) is 25.0 Å². The molecule has 3 rings (SSSR count). The molecule has 20 heavy (non-hydrogen) atoms. The van der Waals surface area contributed by atoms with Crippen LogP contribution in [0.4, 0.5) is 0 Å². The third-order valence-corrected chi connectivity index (χ3v) is 5.44. The first-order chi connectivity index (χ1) is 9.76. The van der Waals surface area contributed by atoms with Gasteiger partial charge in [-0.2, -0.15) is 0 Å². The van der Waals surface area contributed by atoms with Crippen molar-refractivity contribution in [3.63, 3.8) is 0 Å². The second-order valence-electron chi connectivity index (χ2n) is 6.95. The average molecular weight is 280 g/mol. The van der Waals surface area contributed by atoms with Gasteiger partial charge in [-0.25, -0.2) is 0 Å². The lowest BCUT2D eigenvalue weighted by molar-refractivity contribution is -0.135. The van der Waals surface area contributed by atoms with Crippen LogP contribution >= 0.6 is 0 Å². The summed E-state index contributed by atoms with van der Waals surface area (Å²) in [5.41, 5.74) is 0. The lowest BCUT2D eigenvalue weighted by Gasteiger charge is -2.33. The fourth-order valence-electron chi connectivity index (χ4n) is 4.40. The normalized spacial score (nSPS) is 37.8. The summed E-state index contributed by atoms with van der Waals surface area (Å²) < 4.78 is 0. The number of carbonyl (C=O) groups excluding carboxylic acids is 1. The van der Waals surface area contributed by atoms with Gasteiger partial charge in [0.05, 0.1) is 12.6 Å². The number of likely N-dealkylation sites (tertiary alicyclic amines) is 1. The number of nitrogens with one attached hydrogen (secondary N) is 1. The zero-order chi connectivity index (χ0) is 13.9. The van der Waals surface area contributed by atoms with Gasteiger partial charge in [-0.05, 0) is 44.4 Å². The molecule has 3 atom stereocenters. The Hall–Kier alpha value is -0.610.